The Hall–Kier alpha value is -1.54. The predicted octanol–water partition coefficient (Wildman–Crippen LogP) is 3.00. The van der Waals surface area contributed by atoms with Crippen molar-refractivity contribution in [3.8, 4) is 10.6 Å². The number of nitrogens with zero attached hydrogens (tertiary/aromatic N) is 3. The predicted molar refractivity (Wildman–Crippen MR) is 84.8 cm³/mol. The van der Waals surface area contributed by atoms with Crippen LogP contribution in [-0.2, 0) is 4.79 Å². The van der Waals surface area contributed by atoms with Crippen LogP contribution in [0.1, 0.15) is 6.92 Å². The van der Waals surface area contributed by atoms with E-state index in [1.807, 2.05) is 0 Å². The maximum absolute atomic E-state index is 13.8. The van der Waals surface area contributed by atoms with Crippen molar-refractivity contribution in [3.63, 3.8) is 0 Å². The first-order valence-electron chi connectivity index (χ1n) is 6.15. The highest BCUT2D eigenvalue weighted by atomic mass is 79.9. The van der Waals surface area contributed by atoms with Gasteiger partial charge in [0.2, 0.25) is 11.0 Å². The van der Waals surface area contributed by atoms with E-state index in [0.29, 0.717) is 15.7 Å². The zero-order valence-electron chi connectivity index (χ0n) is 11.7. The molecule has 0 aliphatic heterocycles. The van der Waals surface area contributed by atoms with Crippen molar-refractivity contribution >= 4 is 38.3 Å². The lowest BCUT2D eigenvalue weighted by molar-refractivity contribution is -0.129. The van der Waals surface area contributed by atoms with Gasteiger partial charge in [-0.1, -0.05) is 27.3 Å². The number of amides is 1. The molecule has 0 saturated carbocycles. The normalized spacial score (nSPS) is 12.0. The second-order valence-corrected chi connectivity index (χ2v) is 6.53. The minimum absolute atomic E-state index is 0.0691. The number of rotatable bonds is 4. The molecule has 5 nitrogen and oxygen atoms in total. The molecular weight excluding hydrogens is 359 g/mol. The van der Waals surface area contributed by atoms with Gasteiger partial charge in [0.1, 0.15) is 11.9 Å². The summed E-state index contributed by atoms with van der Waals surface area (Å²) in [6, 6.07) is 4.21. The van der Waals surface area contributed by atoms with Gasteiger partial charge < -0.3 is 10.2 Å². The van der Waals surface area contributed by atoms with E-state index in [1.54, 1.807) is 33.2 Å². The van der Waals surface area contributed by atoms with Crippen LogP contribution in [0.3, 0.4) is 0 Å². The molecule has 0 saturated heterocycles. The van der Waals surface area contributed by atoms with Crippen LogP contribution in [0.4, 0.5) is 9.52 Å². The molecule has 1 amide bonds. The molecule has 0 spiro atoms. The summed E-state index contributed by atoms with van der Waals surface area (Å²) in [5.74, 6) is -0.432. The molecule has 0 bridgehead atoms. The van der Waals surface area contributed by atoms with E-state index in [0.717, 1.165) is 4.47 Å². The summed E-state index contributed by atoms with van der Waals surface area (Å²) >= 11 is 4.50. The summed E-state index contributed by atoms with van der Waals surface area (Å²) in [5, 5.41) is 11.8. The molecule has 0 aliphatic carbocycles. The van der Waals surface area contributed by atoms with E-state index < -0.39 is 6.04 Å². The number of hydrogen-bond acceptors (Lipinski definition) is 5. The van der Waals surface area contributed by atoms with Crippen molar-refractivity contribution in [2.45, 2.75) is 13.0 Å². The lowest BCUT2D eigenvalue weighted by Crippen LogP contribution is -2.36. The van der Waals surface area contributed by atoms with Crippen molar-refractivity contribution in [2.24, 2.45) is 0 Å². The Kier molecular flexibility index (Phi) is 4.89. The maximum Gasteiger partial charge on any atom is 0.244 e. The first kappa shape index (κ1) is 15.8. The highest BCUT2D eigenvalue weighted by Gasteiger charge is 2.17. The third kappa shape index (κ3) is 3.76. The molecule has 21 heavy (non-hydrogen) atoms. The van der Waals surface area contributed by atoms with Crippen LogP contribution in [0.25, 0.3) is 10.6 Å². The van der Waals surface area contributed by atoms with Gasteiger partial charge in [0.05, 0.1) is 0 Å². The van der Waals surface area contributed by atoms with Gasteiger partial charge in [-0.05, 0) is 25.1 Å². The maximum atomic E-state index is 13.8. The van der Waals surface area contributed by atoms with E-state index in [4.69, 9.17) is 0 Å². The fourth-order valence-corrected chi connectivity index (χ4v) is 2.90. The Balaban J connectivity index is 2.18. The van der Waals surface area contributed by atoms with Crippen LogP contribution in [-0.4, -0.2) is 41.1 Å². The van der Waals surface area contributed by atoms with Crippen LogP contribution in [0.2, 0.25) is 0 Å². The molecule has 1 heterocycles. The summed E-state index contributed by atoms with van der Waals surface area (Å²) < 4.78 is 14.6. The number of carbonyl (C=O) groups is 1. The molecule has 0 aliphatic rings. The SMILES string of the molecule is C[C@H](Nc1nnc(-c2cc(Br)ccc2F)s1)C(=O)N(C)C. The summed E-state index contributed by atoms with van der Waals surface area (Å²) in [4.78, 5) is 13.3. The molecule has 0 radical (unpaired) electrons. The van der Waals surface area contributed by atoms with E-state index in [9.17, 15) is 9.18 Å². The third-order valence-electron chi connectivity index (χ3n) is 2.73. The topological polar surface area (TPSA) is 58.1 Å². The number of nitrogens with one attached hydrogen (secondary N) is 1. The van der Waals surface area contributed by atoms with E-state index in [-0.39, 0.29) is 11.7 Å². The highest BCUT2D eigenvalue weighted by Crippen LogP contribution is 2.30. The van der Waals surface area contributed by atoms with Gasteiger partial charge in [-0.25, -0.2) is 4.39 Å². The Morgan fingerprint density at radius 1 is 1.43 bits per heavy atom. The second kappa shape index (κ2) is 6.48. The van der Waals surface area contributed by atoms with Crippen molar-refractivity contribution in [1.82, 2.24) is 15.1 Å². The Bertz CT molecular complexity index is 661. The fourth-order valence-electron chi connectivity index (χ4n) is 1.69. The number of likely N-dealkylation sites (N-methyl/N-ethyl adjacent to an activating group) is 1. The lowest BCUT2D eigenvalue weighted by Gasteiger charge is -2.16. The van der Waals surface area contributed by atoms with Crippen LogP contribution < -0.4 is 5.32 Å². The number of halogens is 2. The minimum atomic E-state index is -0.423. The molecule has 112 valence electrons. The first-order chi connectivity index (χ1) is 9.88. The van der Waals surface area contributed by atoms with E-state index in [1.165, 1.54) is 22.3 Å². The number of aromatic nitrogens is 2. The van der Waals surface area contributed by atoms with Crippen molar-refractivity contribution < 1.29 is 9.18 Å². The molecule has 2 rings (SSSR count). The number of benzene rings is 1. The Morgan fingerprint density at radius 2 is 2.14 bits per heavy atom. The summed E-state index contributed by atoms with van der Waals surface area (Å²) in [7, 11) is 3.37. The molecule has 1 N–H and O–H groups in total. The quantitative estimate of drug-likeness (QED) is 0.895. The zero-order chi connectivity index (χ0) is 15.6. The number of hydrogen-bond donors (Lipinski definition) is 1. The number of carbonyl (C=O) groups excluding carboxylic acids is 1. The van der Waals surface area contributed by atoms with Gasteiger partial charge in [-0.3, -0.25) is 4.79 Å². The van der Waals surface area contributed by atoms with Crippen LogP contribution in [0.5, 0.6) is 0 Å². The van der Waals surface area contributed by atoms with Crippen molar-refractivity contribution in [2.75, 3.05) is 19.4 Å². The summed E-state index contributed by atoms with van der Waals surface area (Å²) in [5.41, 5.74) is 0.376. The van der Waals surface area contributed by atoms with Crippen LogP contribution in [0.15, 0.2) is 22.7 Å². The summed E-state index contributed by atoms with van der Waals surface area (Å²) in [6.07, 6.45) is 0. The number of anilines is 1. The van der Waals surface area contributed by atoms with Gasteiger partial charge in [0.25, 0.3) is 0 Å². The van der Waals surface area contributed by atoms with Gasteiger partial charge in [0, 0.05) is 24.1 Å². The molecule has 2 aromatic rings. The standard InChI is InChI=1S/C13H14BrFN4OS/c1-7(12(20)19(2)3)16-13-18-17-11(21-13)9-6-8(14)4-5-10(9)15/h4-7H,1-3H3,(H,16,18)/t7-/m0/s1. The van der Waals surface area contributed by atoms with Crippen molar-refractivity contribution in [1.29, 1.82) is 0 Å². The van der Waals surface area contributed by atoms with Gasteiger partial charge in [-0.2, -0.15) is 0 Å². The monoisotopic (exact) mass is 372 g/mol. The molecular formula is C13H14BrFN4OS. The van der Waals surface area contributed by atoms with Crippen molar-refractivity contribution in [3.05, 3.63) is 28.5 Å². The minimum Gasteiger partial charge on any atom is -0.349 e. The molecule has 1 aromatic carbocycles. The average Bonchev–Trinajstić information content (AvgIpc) is 2.88. The molecule has 8 heteroatoms. The fraction of sp³-hybridized carbons (Fsp3) is 0.308. The molecule has 1 atom stereocenters. The Labute approximate surface area is 134 Å². The largest absolute Gasteiger partial charge is 0.349 e. The molecule has 1 aromatic heterocycles. The molecule has 0 fully saturated rings. The van der Waals surface area contributed by atoms with E-state index >= 15 is 0 Å². The summed E-state index contributed by atoms with van der Waals surface area (Å²) in [6.45, 7) is 1.74. The zero-order valence-corrected chi connectivity index (χ0v) is 14.1. The van der Waals surface area contributed by atoms with Gasteiger partial charge >= 0.3 is 0 Å². The average molecular weight is 373 g/mol. The van der Waals surface area contributed by atoms with Gasteiger partial charge in [0.15, 0.2) is 5.01 Å². The van der Waals surface area contributed by atoms with Gasteiger partial charge in [-0.15, -0.1) is 10.2 Å². The van der Waals surface area contributed by atoms with E-state index in [2.05, 4.69) is 31.4 Å². The first-order valence-corrected chi connectivity index (χ1v) is 7.76. The highest BCUT2D eigenvalue weighted by molar-refractivity contribution is 9.10. The molecule has 0 unspecified atom stereocenters. The third-order valence-corrected chi connectivity index (χ3v) is 4.12. The smallest absolute Gasteiger partial charge is 0.244 e. The Morgan fingerprint density at radius 3 is 2.81 bits per heavy atom. The van der Waals surface area contributed by atoms with Crippen LogP contribution >= 0.6 is 27.3 Å². The lowest BCUT2D eigenvalue weighted by atomic mass is 10.2. The van der Waals surface area contributed by atoms with Crippen LogP contribution in [0, 0.1) is 5.82 Å². The second-order valence-electron chi connectivity index (χ2n) is 4.64.